The number of fused-ring (bicyclic) bond motifs is 1. The van der Waals surface area contributed by atoms with Gasteiger partial charge in [-0.2, -0.15) is 0 Å². The predicted molar refractivity (Wildman–Crippen MR) is 75.0 cm³/mol. The highest BCUT2D eigenvalue weighted by Crippen LogP contribution is 2.31. The fourth-order valence-corrected chi connectivity index (χ4v) is 2.86. The first kappa shape index (κ1) is 12.6. The van der Waals surface area contributed by atoms with Gasteiger partial charge in [-0.25, -0.2) is 5.43 Å². The summed E-state index contributed by atoms with van der Waals surface area (Å²) in [5.74, 6) is 6.35. The Kier molecular flexibility index (Phi) is 3.24. The van der Waals surface area contributed by atoms with E-state index in [-0.39, 0.29) is 6.04 Å². The summed E-state index contributed by atoms with van der Waals surface area (Å²) >= 11 is 7.27. The molecule has 3 rings (SSSR count). The van der Waals surface area contributed by atoms with E-state index >= 15 is 0 Å². The third-order valence-corrected chi connectivity index (χ3v) is 4.02. The molecule has 0 saturated heterocycles. The smallest absolute Gasteiger partial charge is 0.134 e. The highest BCUT2D eigenvalue weighted by molar-refractivity contribution is 7.05. The predicted octanol–water partition coefficient (Wildman–Crippen LogP) is 2.80. The number of aryl methyl sites for hydroxylation is 1. The highest BCUT2D eigenvalue weighted by Gasteiger charge is 2.21. The third-order valence-electron chi connectivity index (χ3n) is 2.90. The molecule has 3 N–H and O–H groups in total. The summed E-state index contributed by atoms with van der Waals surface area (Å²) < 4.78 is 9.72. The van der Waals surface area contributed by atoms with E-state index in [0.717, 1.165) is 21.5 Å². The van der Waals surface area contributed by atoms with Crippen LogP contribution < -0.4 is 11.3 Å². The summed E-state index contributed by atoms with van der Waals surface area (Å²) in [6, 6.07) is 7.15. The van der Waals surface area contributed by atoms with E-state index in [1.54, 1.807) is 6.07 Å². The van der Waals surface area contributed by atoms with Crippen molar-refractivity contribution in [2.24, 2.45) is 5.84 Å². The second-order valence-corrected chi connectivity index (χ2v) is 5.38. The van der Waals surface area contributed by atoms with Crippen molar-refractivity contribution in [3.63, 3.8) is 0 Å². The first-order valence-electron chi connectivity index (χ1n) is 5.63. The summed E-state index contributed by atoms with van der Waals surface area (Å²) in [6.07, 6.45) is 0. The summed E-state index contributed by atoms with van der Waals surface area (Å²) in [6.45, 7) is 1.89. The zero-order valence-electron chi connectivity index (χ0n) is 10.1. The van der Waals surface area contributed by atoms with Crippen LogP contribution in [0.15, 0.2) is 28.7 Å². The second-order valence-electron chi connectivity index (χ2n) is 4.15. The van der Waals surface area contributed by atoms with Gasteiger partial charge in [-0.3, -0.25) is 5.84 Å². The quantitative estimate of drug-likeness (QED) is 0.574. The van der Waals surface area contributed by atoms with Gasteiger partial charge in [0.1, 0.15) is 17.4 Å². The Morgan fingerprint density at radius 3 is 2.95 bits per heavy atom. The van der Waals surface area contributed by atoms with Gasteiger partial charge in [0.25, 0.3) is 0 Å². The van der Waals surface area contributed by atoms with Gasteiger partial charge >= 0.3 is 0 Å². The van der Waals surface area contributed by atoms with E-state index in [4.69, 9.17) is 21.9 Å². The van der Waals surface area contributed by atoms with E-state index < -0.39 is 0 Å². The number of nitrogens with zero attached hydrogens (tertiary/aromatic N) is 2. The number of nitrogens with two attached hydrogens (primary N) is 1. The standard InChI is InChI=1S/C12H11ClN4OS/c1-6-12(19-17-16-6)11(15-14)10-5-7-4-8(13)2-3-9(7)18-10/h2-5,11,15H,14H2,1H3. The summed E-state index contributed by atoms with van der Waals surface area (Å²) in [7, 11) is 0. The number of halogens is 1. The number of rotatable bonds is 3. The lowest BCUT2D eigenvalue weighted by Crippen LogP contribution is -2.28. The summed E-state index contributed by atoms with van der Waals surface area (Å²) in [5.41, 5.74) is 4.35. The molecular weight excluding hydrogens is 284 g/mol. The van der Waals surface area contributed by atoms with Gasteiger partial charge in [0.2, 0.25) is 0 Å². The molecule has 1 aromatic carbocycles. The molecule has 0 aliphatic rings. The lowest BCUT2D eigenvalue weighted by atomic mass is 10.1. The lowest BCUT2D eigenvalue weighted by Gasteiger charge is -2.10. The minimum atomic E-state index is -0.258. The highest BCUT2D eigenvalue weighted by atomic mass is 35.5. The van der Waals surface area contributed by atoms with Crippen LogP contribution in [0.3, 0.4) is 0 Å². The number of aromatic nitrogens is 2. The molecule has 98 valence electrons. The van der Waals surface area contributed by atoms with Crippen molar-refractivity contribution in [3.8, 4) is 0 Å². The van der Waals surface area contributed by atoms with E-state index in [0.29, 0.717) is 10.8 Å². The maximum atomic E-state index is 5.97. The molecule has 0 spiro atoms. The molecule has 0 bridgehead atoms. The van der Waals surface area contributed by atoms with E-state index in [1.165, 1.54) is 11.5 Å². The summed E-state index contributed by atoms with van der Waals surface area (Å²) in [5, 5.41) is 5.61. The van der Waals surface area contributed by atoms with Gasteiger partial charge in [-0.15, -0.1) is 5.10 Å². The summed E-state index contributed by atoms with van der Waals surface area (Å²) in [4.78, 5) is 0.938. The fraction of sp³-hybridized carbons (Fsp3) is 0.167. The molecule has 2 heterocycles. The van der Waals surface area contributed by atoms with Gasteiger partial charge in [0.15, 0.2) is 0 Å². The van der Waals surface area contributed by atoms with Crippen LogP contribution in [0.25, 0.3) is 11.0 Å². The zero-order chi connectivity index (χ0) is 13.4. The Balaban J connectivity index is 2.09. The van der Waals surface area contributed by atoms with Gasteiger partial charge in [0.05, 0.1) is 10.6 Å². The Morgan fingerprint density at radius 2 is 2.26 bits per heavy atom. The number of benzene rings is 1. The molecule has 0 radical (unpaired) electrons. The molecule has 1 atom stereocenters. The Hall–Kier alpha value is -1.47. The minimum absolute atomic E-state index is 0.258. The topological polar surface area (TPSA) is 77.0 Å². The molecule has 0 fully saturated rings. The fourth-order valence-electron chi connectivity index (χ4n) is 1.97. The number of hydrogen-bond acceptors (Lipinski definition) is 6. The number of furan rings is 1. The Morgan fingerprint density at radius 1 is 1.42 bits per heavy atom. The van der Waals surface area contributed by atoms with Crippen LogP contribution >= 0.6 is 23.1 Å². The maximum absolute atomic E-state index is 5.97. The number of hydrogen-bond donors (Lipinski definition) is 2. The van der Waals surface area contributed by atoms with E-state index in [1.807, 2.05) is 25.1 Å². The molecular formula is C12H11ClN4OS. The molecule has 0 aliphatic carbocycles. The maximum Gasteiger partial charge on any atom is 0.134 e. The van der Waals surface area contributed by atoms with Crippen LogP contribution in [0, 0.1) is 6.92 Å². The van der Waals surface area contributed by atoms with Crippen LogP contribution in [0.5, 0.6) is 0 Å². The first-order chi connectivity index (χ1) is 9.19. The van der Waals surface area contributed by atoms with Gasteiger partial charge < -0.3 is 4.42 Å². The SMILES string of the molecule is Cc1nnsc1C(NN)c1cc2cc(Cl)ccc2o1. The number of nitrogens with one attached hydrogen (secondary N) is 1. The van der Waals surface area contributed by atoms with Gasteiger partial charge in [0, 0.05) is 10.4 Å². The molecule has 3 aromatic rings. The van der Waals surface area contributed by atoms with Crippen molar-refractivity contribution in [2.75, 3.05) is 0 Å². The molecule has 7 heteroatoms. The van der Waals surface area contributed by atoms with Crippen molar-refractivity contribution >= 4 is 34.1 Å². The molecule has 5 nitrogen and oxygen atoms in total. The van der Waals surface area contributed by atoms with Crippen LogP contribution in [-0.4, -0.2) is 9.59 Å². The molecule has 0 saturated carbocycles. The molecule has 0 aliphatic heterocycles. The molecule has 2 aromatic heterocycles. The van der Waals surface area contributed by atoms with Crippen LogP contribution in [0.2, 0.25) is 5.02 Å². The lowest BCUT2D eigenvalue weighted by molar-refractivity contribution is 0.480. The van der Waals surface area contributed by atoms with E-state index in [9.17, 15) is 0 Å². The normalized spacial score (nSPS) is 13.0. The van der Waals surface area contributed by atoms with Crippen LogP contribution in [0.4, 0.5) is 0 Å². The minimum Gasteiger partial charge on any atom is -0.459 e. The van der Waals surface area contributed by atoms with Gasteiger partial charge in [-0.05, 0) is 42.7 Å². The second kappa shape index (κ2) is 4.90. The number of hydrazine groups is 1. The molecule has 0 amide bonds. The van der Waals surface area contributed by atoms with Crippen LogP contribution in [0.1, 0.15) is 22.4 Å². The Bertz CT molecular complexity index is 723. The van der Waals surface area contributed by atoms with Crippen molar-refractivity contribution in [1.29, 1.82) is 0 Å². The molecule has 1 unspecified atom stereocenters. The molecule has 19 heavy (non-hydrogen) atoms. The average molecular weight is 295 g/mol. The Labute approximate surface area is 118 Å². The zero-order valence-corrected chi connectivity index (χ0v) is 11.6. The van der Waals surface area contributed by atoms with Crippen molar-refractivity contribution in [1.82, 2.24) is 15.0 Å². The average Bonchev–Trinajstić information content (AvgIpc) is 2.97. The van der Waals surface area contributed by atoms with Crippen LogP contribution in [-0.2, 0) is 0 Å². The van der Waals surface area contributed by atoms with Crippen molar-refractivity contribution < 1.29 is 4.42 Å². The monoisotopic (exact) mass is 294 g/mol. The van der Waals surface area contributed by atoms with E-state index in [2.05, 4.69) is 15.0 Å². The van der Waals surface area contributed by atoms with Crippen molar-refractivity contribution in [3.05, 3.63) is 45.6 Å². The first-order valence-corrected chi connectivity index (χ1v) is 6.78. The largest absolute Gasteiger partial charge is 0.459 e. The third kappa shape index (κ3) is 2.23. The van der Waals surface area contributed by atoms with Crippen molar-refractivity contribution in [2.45, 2.75) is 13.0 Å². The van der Waals surface area contributed by atoms with Gasteiger partial charge in [-0.1, -0.05) is 16.1 Å².